The Morgan fingerprint density at radius 2 is 2.12 bits per heavy atom. The smallest absolute Gasteiger partial charge is 0.235 e. The third-order valence-electron chi connectivity index (χ3n) is 2.32. The zero-order chi connectivity index (χ0) is 12.1. The molecule has 0 saturated heterocycles. The summed E-state index contributed by atoms with van der Waals surface area (Å²) in [4.78, 5) is 0. The van der Waals surface area contributed by atoms with E-state index in [0.717, 1.165) is 11.3 Å². The molecule has 0 saturated carbocycles. The molecule has 5 heteroatoms. The highest BCUT2D eigenvalue weighted by Gasteiger charge is 2.04. The van der Waals surface area contributed by atoms with Gasteiger partial charge in [-0.3, -0.25) is 0 Å². The monoisotopic (exact) mass is 233 g/mol. The van der Waals surface area contributed by atoms with Crippen LogP contribution in [0, 0.1) is 6.92 Å². The van der Waals surface area contributed by atoms with Crippen molar-refractivity contribution in [1.29, 1.82) is 0 Å². The molecule has 0 amide bonds. The summed E-state index contributed by atoms with van der Waals surface area (Å²) in [5, 5.41) is 11.0. The Morgan fingerprint density at radius 3 is 2.82 bits per heavy atom. The lowest BCUT2D eigenvalue weighted by Gasteiger charge is -2.09. The summed E-state index contributed by atoms with van der Waals surface area (Å²) in [6.07, 6.45) is 0. The fourth-order valence-corrected chi connectivity index (χ4v) is 1.55. The van der Waals surface area contributed by atoms with Gasteiger partial charge in [-0.2, -0.15) is 0 Å². The number of methoxy groups -OCH3 is 1. The molecule has 0 aliphatic carbocycles. The van der Waals surface area contributed by atoms with Gasteiger partial charge in [-0.15, -0.1) is 10.2 Å². The lowest BCUT2D eigenvalue weighted by molar-refractivity contribution is 0.185. The van der Waals surface area contributed by atoms with E-state index in [-0.39, 0.29) is 0 Å². The molecule has 0 radical (unpaired) electrons. The van der Waals surface area contributed by atoms with Crippen molar-refractivity contribution in [3.63, 3.8) is 0 Å². The Kier molecular flexibility index (Phi) is 3.72. The molecule has 0 unspecified atom stereocenters. The molecule has 0 spiro atoms. The van der Waals surface area contributed by atoms with E-state index in [9.17, 15) is 0 Å². The number of nitrogens with one attached hydrogen (secondary N) is 1. The van der Waals surface area contributed by atoms with Crippen molar-refractivity contribution < 1.29 is 9.15 Å². The Bertz CT molecular complexity index is 482. The van der Waals surface area contributed by atoms with E-state index in [4.69, 9.17) is 9.15 Å². The van der Waals surface area contributed by atoms with Gasteiger partial charge in [0, 0.05) is 25.3 Å². The second kappa shape index (κ2) is 5.45. The van der Waals surface area contributed by atoms with Gasteiger partial charge in [0.15, 0.2) is 0 Å². The lowest BCUT2D eigenvalue weighted by Crippen LogP contribution is -2.03. The van der Waals surface area contributed by atoms with E-state index in [2.05, 4.69) is 15.5 Å². The fourth-order valence-electron chi connectivity index (χ4n) is 1.55. The predicted molar refractivity (Wildman–Crippen MR) is 63.5 cm³/mol. The van der Waals surface area contributed by atoms with E-state index >= 15 is 0 Å². The number of aromatic nitrogens is 2. The maximum absolute atomic E-state index is 5.29. The van der Waals surface area contributed by atoms with Crippen LogP contribution in [-0.2, 0) is 17.9 Å². The Hall–Kier alpha value is -1.88. The molecule has 0 fully saturated rings. The number of rotatable bonds is 5. The minimum Gasteiger partial charge on any atom is -0.424 e. The van der Waals surface area contributed by atoms with Crippen LogP contribution in [0.4, 0.5) is 5.69 Å². The summed E-state index contributed by atoms with van der Waals surface area (Å²) in [6.45, 7) is 2.86. The molecule has 1 aromatic carbocycles. The third-order valence-corrected chi connectivity index (χ3v) is 2.32. The highest BCUT2D eigenvalue weighted by Crippen LogP contribution is 2.16. The Morgan fingerprint density at radius 1 is 1.29 bits per heavy atom. The molecule has 1 N–H and O–H groups in total. The number of aryl methyl sites for hydroxylation is 1. The Labute approximate surface area is 99.8 Å². The predicted octanol–water partition coefficient (Wildman–Crippen LogP) is 2.14. The molecule has 2 rings (SSSR count). The van der Waals surface area contributed by atoms with Gasteiger partial charge in [0.2, 0.25) is 11.8 Å². The molecule has 90 valence electrons. The minimum absolute atomic E-state index is 0.515. The van der Waals surface area contributed by atoms with E-state index in [1.807, 2.05) is 24.3 Å². The van der Waals surface area contributed by atoms with Crippen LogP contribution >= 0.6 is 0 Å². The summed E-state index contributed by atoms with van der Waals surface area (Å²) in [6, 6.07) is 7.97. The van der Waals surface area contributed by atoms with Gasteiger partial charge in [-0.05, 0) is 6.07 Å². The van der Waals surface area contributed by atoms with Crippen molar-refractivity contribution in [3.8, 4) is 0 Å². The van der Waals surface area contributed by atoms with Crippen LogP contribution in [0.15, 0.2) is 28.7 Å². The second-order valence-corrected chi connectivity index (χ2v) is 3.66. The molecule has 2 aromatic rings. The molecular weight excluding hydrogens is 218 g/mol. The summed E-state index contributed by atoms with van der Waals surface area (Å²) >= 11 is 0. The summed E-state index contributed by atoms with van der Waals surface area (Å²) < 4.78 is 10.4. The SMILES string of the molecule is COCc1ccccc1NCc1nnc(C)o1. The van der Waals surface area contributed by atoms with Crippen molar-refractivity contribution >= 4 is 5.69 Å². The average Bonchev–Trinajstić information content (AvgIpc) is 2.74. The van der Waals surface area contributed by atoms with Crippen molar-refractivity contribution in [2.24, 2.45) is 0 Å². The van der Waals surface area contributed by atoms with E-state index in [1.165, 1.54) is 0 Å². The number of benzene rings is 1. The van der Waals surface area contributed by atoms with Gasteiger partial charge in [-0.1, -0.05) is 18.2 Å². The first kappa shape index (κ1) is 11.6. The highest BCUT2D eigenvalue weighted by atomic mass is 16.5. The van der Waals surface area contributed by atoms with Crippen LogP contribution in [0.3, 0.4) is 0 Å². The van der Waals surface area contributed by atoms with Crippen molar-refractivity contribution in [1.82, 2.24) is 10.2 Å². The zero-order valence-corrected chi connectivity index (χ0v) is 9.93. The van der Waals surface area contributed by atoms with Crippen LogP contribution in [0.25, 0.3) is 0 Å². The van der Waals surface area contributed by atoms with Gasteiger partial charge in [0.25, 0.3) is 0 Å². The van der Waals surface area contributed by atoms with Crippen LogP contribution in [0.2, 0.25) is 0 Å². The maximum Gasteiger partial charge on any atom is 0.235 e. The first-order chi connectivity index (χ1) is 8.29. The van der Waals surface area contributed by atoms with Gasteiger partial charge < -0.3 is 14.5 Å². The standard InChI is InChI=1S/C12H15N3O2/c1-9-14-15-12(17-9)7-13-11-6-4-3-5-10(11)8-16-2/h3-6,13H,7-8H2,1-2H3. The highest BCUT2D eigenvalue weighted by molar-refractivity contribution is 5.50. The molecular formula is C12H15N3O2. The first-order valence-electron chi connectivity index (χ1n) is 5.39. The number of hydrogen-bond donors (Lipinski definition) is 1. The van der Waals surface area contributed by atoms with E-state index < -0.39 is 0 Å². The quantitative estimate of drug-likeness (QED) is 0.857. The van der Waals surface area contributed by atoms with Crippen LogP contribution < -0.4 is 5.32 Å². The molecule has 0 aliphatic rings. The van der Waals surface area contributed by atoms with Crippen molar-refractivity contribution in [2.45, 2.75) is 20.1 Å². The summed E-state index contributed by atoms with van der Waals surface area (Å²) in [5.41, 5.74) is 2.12. The Balaban J connectivity index is 2.03. The van der Waals surface area contributed by atoms with Crippen LogP contribution in [-0.4, -0.2) is 17.3 Å². The molecule has 0 bridgehead atoms. The number of anilines is 1. The molecule has 17 heavy (non-hydrogen) atoms. The molecule has 0 atom stereocenters. The van der Waals surface area contributed by atoms with E-state index in [0.29, 0.717) is 24.9 Å². The van der Waals surface area contributed by atoms with Crippen molar-refractivity contribution in [2.75, 3.05) is 12.4 Å². The van der Waals surface area contributed by atoms with Gasteiger partial charge in [0.05, 0.1) is 13.2 Å². The number of ether oxygens (including phenoxy) is 1. The number of para-hydroxylation sites is 1. The number of nitrogens with zero attached hydrogens (tertiary/aromatic N) is 2. The summed E-state index contributed by atoms with van der Waals surface area (Å²) in [5.74, 6) is 1.15. The minimum atomic E-state index is 0.515. The number of hydrogen-bond acceptors (Lipinski definition) is 5. The van der Waals surface area contributed by atoms with Gasteiger partial charge in [-0.25, -0.2) is 0 Å². The summed E-state index contributed by atoms with van der Waals surface area (Å²) in [7, 11) is 1.68. The average molecular weight is 233 g/mol. The topological polar surface area (TPSA) is 60.2 Å². The first-order valence-corrected chi connectivity index (χ1v) is 5.39. The van der Waals surface area contributed by atoms with Gasteiger partial charge in [0.1, 0.15) is 0 Å². The van der Waals surface area contributed by atoms with Gasteiger partial charge >= 0.3 is 0 Å². The van der Waals surface area contributed by atoms with Crippen LogP contribution in [0.1, 0.15) is 17.3 Å². The zero-order valence-electron chi connectivity index (χ0n) is 9.93. The largest absolute Gasteiger partial charge is 0.424 e. The van der Waals surface area contributed by atoms with Crippen LogP contribution in [0.5, 0.6) is 0 Å². The normalized spacial score (nSPS) is 10.5. The van der Waals surface area contributed by atoms with E-state index in [1.54, 1.807) is 14.0 Å². The second-order valence-electron chi connectivity index (χ2n) is 3.66. The maximum atomic E-state index is 5.29. The third kappa shape index (κ3) is 3.04. The fraction of sp³-hybridized carbons (Fsp3) is 0.333. The van der Waals surface area contributed by atoms with Crippen molar-refractivity contribution in [3.05, 3.63) is 41.6 Å². The lowest BCUT2D eigenvalue weighted by atomic mass is 10.2. The molecule has 1 aromatic heterocycles. The molecule has 5 nitrogen and oxygen atoms in total. The molecule has 0 aliphatic heterocycles. The molecule has 1 heterocycles.